The van der Waals surface area contributed by atoms with Crippen LogP contribution in [0.2, 0.25) is 12.1 Å². The third-order valence-corrected chi connectivity index (χ3v) is 10.5. The van der Waals surface area contributed by atoms with E-state index in [0.717, 1.165) is 41.6 Å². The van der Waals surface area contributed by atoms with E-state index >= 15 is 0 Å². The van der Waals surface area contributed by atoms with E-state index in [0.29, 0.717) is 21.6 Å². The molecule has 0 spiro atoms. The Balaban J connectivity index is 2.06. The van der Waals surface area contributed by atoms with E-state index in [1.54, 1.807) is 12.1 Å². The van der Waals surface area contributed by atoms with Crippen LogP contribution in [-0.2, 0) is 35.2 Å². The molecule has 2 aromatic rings. The van der Waals surface area contributed by atoms with Crippen LogP contribution < -0.4 is 32.7 Å². The van der Waals surface area contributed by atoms with E-state index < -0.39 is 47.8 Å². The van der Waals surface area contributed by atoms with Crippen molar-refractivity contribution < 1.29 is 39.0 Å². The first-order valence-corrected chi connectivity index (χ1v) is 20.7. The highest BCUT2D eigenvalue weighted by Crippen LogP contribution is 2.23. The number of anilines is 1. The van der Waals surface area contributed by atoms with Crippen molar-refractivity contribution in [1.82, 2.24) is 16.0 Å². The summed E-state index contributed by atoms with van der Waals surface area (Å²) >= 11 is 0. The number of carboxylic acids is 2. The smallest absolute Gasteiger partial charge is 0.326 e. The van der Waals surface area contributed by atoms with Gasteiger partial charge < -0.3 is 42.9 Å². The van der Waals surface area contributed by atoms with Gasteiger partial charge in [0.2, 0.25) is 23.6 Å². The maximum Gasteiger partial charge on any atom is 0.326 e. The molecule has 4 amide bonds. The third kappa shape index (κ3) is 20.0. The lowest BCUT2D eigenvalue weighted by Gasteiger charge is -2.22. The van der Waals surface area contributed by atoms with Gasteiger partial charge in [-0.3, -0.25) is 24.0 Å². The Labute approximate surface area is 327 Å². The van der Waals surface area contributed by atoms with E-state index in [-0.39, 0.29) is 50.6 Å². The van der Waals surface area contributed by atoms with Gasteiger partial charge in [0.25, 0.3) is 0 Å². The van der Waals surface area contributed by atoms with E-state index in [9.17, 15) is 33.9 Å². The van der Waals surface area contributed by atoms with Gasteiger partial charge in [-0.2, -0.15) is 0 Å². The Morgan fingerprint density at radius 1 is 0.764 bits per heavy atom. The second-order valence-electron chi connectivity index (χ2n) is 13.9. The van der Waals surface area contributed by atoms with Gasteiger partial charge in [0, 0.05) is 54.0 Å². The molecule has 2 aromatic carbocycles. The van der Waals surface area contributed by atoms with Gasteiger partial charge in [-0.15, -0.1) is 0 Å². The van der Waals surface area contributed by atoms with Gasteiger partial charge in [0.15, 0.2) is 0 Å². The molecule has 55 heavy (non-hydrogen) atoms. The van der Waals surface area contributed by atoms with Crippen LogP contribution in [0.15, 0.2) is 48.5 Å². The first kappa shape index (κ1) is 46.6. The highest BCUT2D eigenvalue weighted by molar-refractivity contribution is 6.35. The Morgan fingerprint density at radius 3 is 2.15 bits per heavy atom. The van der Waals surface area contributed by atoms with Gasteiger partial charge in [-0.05, 0) is 60.6 Å². The van der Waals surface area contributed by atoms with Crippen molar-refractivity contribution in [2.45, 2.75) is 134 Å². The quantitative estimate of drug-likeness (QED) is 0.0456. The van der Waals surface area contributed by atoms with Gasteiger partial charge in [-0.25, -0.2) is 4.79 Å². The average molecular weight is 781 g/mol. The molecule has 2 radical (unpaired) electrons. The van der Waals surface area contributed by atoms with E-state index in [2.05, 4.69) is 28.2 Å². The van der Waals surface area contributed by atoms with Crippen molar-refractivity contribution in [2.24, 2.45) is 11.5 Å². The van der Waals surface area contributed by atoms with Crippen LogP contribution in [0, 0.1) is 0 Å². The summed E-state index contributed by atoms with van der Waals surface area (Å²) in [6.07, 6.45) is 8.38. The van der Waals surface area contributed by atoms with E-state index in [1.165, 1.54) is 39.0 Å². The fourth-order valence-corrected chi connectivity index (χ4v) is 7.20. The lowest BCUT2D eigenvalue weighted by molar-refractivity contribution is -0.142. The molecule has 0 saturated heterocycles. The van der Waals surface area contributed by atoms with Crippen molar-refractivity contribution in [3.05, 3.63) is 54.1 Å². The first-order chi connectivity index (χ1) is 26.3. The molecule has 0 aliphatic heterocycles. The largest absolute Gasteiger partial charge is 0.481 e. The molecule has 14 nitrogen and oxygen atoms in total. The van der Waals surface area contributed by atoms with Crippen LogP contribution in [0.25, 0.3) is 11.1 Å². The summed E-state index contributed by atoms with van der Waals surface area (Å²) < 4.78 is 0. The van der Waals surface area contributed by atoms with Gasteiger partial charge in [0.1, 0.15) is 12.1 Å². The third-order valence-electron chi connectivity index (χ3n) is 9.00. The Morgan fingerprint density at radius 2 is 1.47 bits per heavy atom. The number of benzene rings is 2. The van der Waals surface area contributed by atoms with Crippen molar-refractivity contribution >= 4 is 50.8 Å². The van der Waals surface area contributed by atoms with Gasteiger partial charge in [-0.1, -0.05) is 87.9 Å². The number of nitrogens with two attached hydrogens (primary N) is 2. The number of amides is 4. The predicted octanol–water partition coefficient (Wildman–Crippen LogP) is 4.01. The molecular weight excluding hydrogens is 721 g/mol. The number of hydrogen-bond acceptors (Lipinski definition) is 8. The van der Waals surface area contributed by atoms with Crippen molar-refractivity contribution in [1.29, 1.82) is 0 Å². The topological polar surface area (TPSA) is 243 Å². The molecule has 0 saturated carbocycles. The Kier molecular flexibility index (Phi) is 22.2. The summed E-state index contributed by atoms with van der Waals surface area (Å²) in [5.41, 5.74) is 15.8. The van der Waals surface area contributed by atoms with E-state index in [1.807, 2.05) is 36.4 Å². The number of aliphatic carboxylic acids is 2. The number of carbonyl (C=O) groups is 6. The normalized spacial score (nSPS) is 13.2. The molecule has 0 aromatic heterocycles. The Bertz CT molecular complexity index is 1530. The fraction of sp³-hybridized carbons (Fsp3) is 0.550. The maximum absolute atomic E-state index is 13.6. The minimum absolute atomic E-state index is 0.0601. The van der Waals surface area contributed by atoms with Crippen LogP contribution in [0.1, 0.15) is 96.5 Å². The molecular formula is C40H60N6O8Si. The lowest BCUT2D eigenvalue weighted by atomic mass is 9.98. The number of hydrogen-bond donors (Lipinski definition) is 8. The number of carboxylic acid groups (broad SMARTS) is 2. The van der Waals surface area contributed by atoms with Crippen molar-refractivity contribution in [3.63, 3.8) is 0 Å². The van der Waals surface area contributed by atoms with Crippen LogP contribution in [-0.4, -0.2) is 86.0 Å². The molecule has 302 valence electrons. The molecule has 0 aliphatic carbocycles. The number of carbonyl (C=O) groups excluding carboxylic acids is 4. The fourth-order valence-electron chi connectivity index (χ4n) is 5.90. The van der Waals surface area contributed by atoms with Crippen molar-refractivity contribution in [2.75, 3.05) is 11.9 Å². The lowest BCUT2D eigenvalue weighted by Crippen LogP contribution is -2.53. The zero-order chi connectivity index (χ0) is 40.6. The van der Waals surface area contributed by atoms with E-state index in [4.69, 9.17) is 16.6 Å². The number of unbranched alkanes of at least 4 members (excludes halogenated alkanes) is 5. The predicted molar refractivity (Wildman–Crippen MR) is 214 cm³/mol. The second-order valence-corrected chi connectivity index (χ2v) is 15.3. The number of nitrogens with one attached hydrogen (secondary N) is 4. The first-order valence-electron chi connectivity index (χ1n) is 19.3. The SMILES string of the molecule is CCCCCCCC[C@H](N)C[Si]CC[C@H](N)C(=O)N[C@H](Cc1cccc(-c2ccc(NC(C)=O)cc2)c1)C(=O)NCC[C@@H](NC(=O)CCCC(=O)O)C(=O)O. The summed E-state index contributed by atoms with van der Waals surface area (Å²) in [5, 5.41) is 29.0. The second kappa shape index (κ2) is 26.2. The zero-order valence-electron chi connectivity index (χ0n) is 32.2. The molecule has 4 atom stereocenters. The molecule has 0 aliphatic rings. The maximum atomic E-state index is 13.6. The molecule has 0 fully saturated rings. The highest BCUT2D eigenvalue weighted by Gasteiger charge is 2.26. The standard InChI is InChI=1S/C40H60N6O8Si/c1-3-4-5-6-7-8-13-31(41)26-55-23-21-33(42)38(51)46-35(39(52)43-22-20-34(40(53)54)45-36(48)14-10-15-37(49)50)25-28-11-9-12-30(24-28)29-16-18-32(19-17-29)44-27(2)47/h9,11-12,16-19,24,31,33-35H,3-8,10,13-15,20-23,25-26,41-42H2,1-2H3,(H,43,52)(H,44,47)(H,45,48)(H,46,51)(H,49,50)(H,53,54)/t31-,33-,34+,35+/m0/s1. The van der Waals surface area contributed by atoms with Crippen LogP contribution >= 0.6 is 0 Å². The van der Waals surface area contributed by atoms with Crippen LogP contribution in [0.3, 0.4) is 0 Å². The van der Waals surface area contributed by atoms with Crippen LogP contribution in [0.5, 0.6) is 0 Å². The van der Waals surface area contributed by atoms with Crippen molar-refractivity contribution in [3.8, 4) is 11.1 Å². The number of rotatable bonds is 28. The molecule has 15 heteroatoms. The monoisotopic (exact) mass is 780 g/mol. The van der Waals surface area contributed by atoms with Gasteiger partial charge >= 0.3 is 11.9 Å². The summed E-state index contributed by atoms with van der Waals surface area (Å²) in [4.78, 5) is 73.0. The summed E-state index contributed by atoms with van der Waals surface area (Å²) in [6.45, 7) is 3.51. The minimum atomic E-state index is -1.31. The summed E-state index contributed by atoms with van der Waals surface area (Å²) in [7, 11) is 0.564. The highest BCUT2D eigenvalue weighted by atomic mass is 28.2. The zero-order valence-corrected chi connectivity index (χ0v) is 33.2. The minimum Gasteiger partial charge on any atom is -0.481 e. The molecule has 0 unspecified atom stereocenters. The summed E-state index contributed by atoms with van der Waals surface area (Å²) in [5.74, 6) is -4.18. The van der Waals surface area contributed by atoms with Crippen LogP contribution in [0.4, 0.5) is 5.69 Å². The molecule has 10 N–H and O–H groups in total. The average Bonchev–Trinajstić information content (AvgIpc) is 3.13. The molecule has 0 bridgehead atoms. The van der Waals surface area contributed by atoms with Gasteiger partial charge in [0.05, 0.1) is 6.04 Å². The Hall–Kier alpha value is -4.60. The molecule has 0 heterocycles. The molecule has 2 rings (SSSR count). The summed E-state index contributed by atoms with van der Waals surface area (Å²) in [6, 6.07) is 13.3.